The Balaban J connectivity index is 2.01. The van der Waals surface area contributed by atoms with Crippen LogP contribution in [0.3, 0.4) is 0 Å². The summed E-state index contributed by atoms with van der Waals surface area (Å²) in [6.45, 7) is 8.42. The molecule has 2 rings (SSSR count). The smallest absolute Gasteiger partial charge is 0.410 e. The second-order valence-corrected chi connectivity index (χ2v) is 9.34. The molecule has 1 aromatic carbocycles. The van der Waals surface area contributed by atoms with Crippen LogP contribution in [0.5, 0.6) is 11.5 Å². The predicted molar refractivity (Wildman–Crippen MR) is 122 cm³/mol. The van der Waals surface area contributed by atoms with Crippen molar-refractivity contribution in [2.24, 2.45) is 0 Å². The maximum absolute atomic E-state index is 13.0. The predicted octanol–water partition coefficient (Wildman–Crippen LogP) is 4.11. The van der Waals surface area contributed by atoms with Crippen LogP contribution in [0, 0.1) is 0 Å². The molecule has 176 valence electrons. The number of nitrogens with zero attached hydrogens (tertiary/aromatic N) is 1. The normalized spacial score (nSPS) is 17.0. The molecule has 1 saturated carbocycles. The van der Waals surface area contributed by atoms with E-state index in [-0.39, 0.29) is 18.2 Å². The van der Waals surface area contributed by atoms with E-state index < -0.39 is 11.7 Å². The Morgan fingerprint density at radius 1 is 1.13 bits per heavy atom. The van der Waals surface area contributed by atoms with Crippen molar-refractivity contribution in [2.45, 2.75) is 90.1 Å². The second kappa shape index (κ2) is 11.6. The van der Waals surface area contributed by atoms with Crippen molar-refractivity contribution in [1.29, 1.82) is 0 Å². The number of hydrogen-bond donors (Lipinski definition) is 2. The molecule has 7 nitrogen and oxygen atoms in total. The van der Waals surface area contributed by atoms with Crippen LogP contribution in [0.15, 0.2) is 18.2 Å². The van der Waals surface area contributed by atoms with E-state index in [1.54, 1.807) is 19.1 Å². The average Bonchev–Trinajstić information content (AvgIpc) is 2.72. The Hall–Kier alpha value is -1.99. The summed E-state index contributed by atoms with van der Waals surface area (Å²) in [6, 6.07) is 5.44. The summed E-state index contributed by atoms with van der Waals surface area (Å²) in [4.78, 5) is 14.8. The third-order valence-electron chi connectivity index (χ3n) is 5.66. The Morgan fingerprint density at radius 3 is 2.23 bits per heavy atom. The van der Waals surface area contributed by atoms with Gasteiger partial charge in [-0.2, -0.15) is 0 Å². The SMILES string of the molecule is COc1cc(CNC[C@@H](O)[C@H](C)N(C(=O)OC(C)(C)C)C2CCCCC2)cc(OC)c1. The number of amides is 1. The third kappa shape index (κ3) is 7.89. The highest BCUT2D eigenvalue weighted by atomic mass is 16.6. The number of aliphatic hydroxyl groups excluding tert-OH is 1. The van der Waals surface area contributed by atoms with Gasteiger partial charge in [-0.3, -0.25) is 4.90 Å². The summed E-state index contributed by atoms with van der Waals surface area (Å²) in [5.41, 5.74) is 0.422. The number of carbonyl (C=O) groups excluding carboxylic acids is 1. The van der Waals surface area contributed by atoms with E-state index in [1.807, 2.05) is 45.9 Å². The van der Waals surface area contributed by atoms with Gasteiger partial charge in [-0.05, 0) is 58.2 Å². The number of rotatable bonds is 9. The molecule has 0 unspecified atom stereocenters. The Labute approximate surface area is 187 Å². The van der Waals surface area contributed by atoms with Crippen LogP contribution < -0.4 is 14.8 Å². The highest BCUT2D eigenvalue weighted by Gasteiger charge is 2.35. The topological polar surface area (TPSA) is 80.3 Å². The Kier molecular flexibility index (Phi) is 9.44. The van der Waals surface area contributed by atoms with Gasteiger partial charge in [0.05, 0.1) is 26.4 Å². The minimum Gasteiger partial charge on any atom is -0.497 e. The van der Waals surface area contributed by atoms with Crippen LogP contribution in [0.4, 0.5) is 4.79 Å². The van der Waals surface area contributed by atoms with Crippen molar-refractivity contribution in [2.75, 3.05) is 20.8 Å². The van der Waals surface area contributed by atoms with Gasteiger partial charge in [-0.1, -0.05) is 19.3 Å². The highest BCUT2D eigenvalue weighted by Crippen LogP contribution is 2.27. The maximum atomic E-state index is 13.0. The van der Waals surface area contributed by atoms with Gasteiger partial charge in [-0.25, -0.2) is 4.79 Å². The third-order valence-corrected chi connectivity index (χ3v) is 5.66. The highest BCUT2D eigenvalue weighted by molar-refractivity contribution is 5.69. The van der Waals surface area contributed by atoms with Crippen LogP contribution in [0.2, 0.25) is 0 Å². The van der Waals surface area contributed by atoms with Crippen molar-refractivity contribution in [3.05, 3.63) is 23.8 Å². The van der Waals surface area contributed by atoms with Crippen molar-refractivity contribution in [1.82, 2.24) is 10.2 Å². The van der Waals surface area contributed by atoms with Gasteiger partial charge >= 0.3 is 6.09 Å². The van der Waals surface area contributed by atoms with Crippen LogP contribution in [0.1, 0.15) is 65.4 Å². The first kappa shape index (κ1) is 25.3. The fraction of sp³-hybridized carbons (Fsp3) is 0.708. The zero-order valence-corrected chi connectivity index (χ0v) is 19.9. The standard InChI is InChI=1S/C24H40N2O5/c1-17(26(19-10-8-7-9-11-19)23(28)31-24(2,3)4)22(27)16-25-15-18-12-20(29-5)14-21(13-18)30-6/h12-14,17,19,22,25,27H,7-11,15-16H2,1-6H3/t17-,22+/m0/s1. The molecule has 1 aliphatic carbocycles. The van der Waals surface area contributed by atoms with Crippen molar-refractivity contribution < 1.29 is 24.1 Å². The molecule has 2 atom stereocenters. The molecule has 0 aromatic heterocycles. The zero-order chi connectivity index (χ0) is 23.0. The second-order valence-electron chi connectivity index (χ2n) is 9.34. The van der Waals surface area contributed by atoms with Crippen LogP contribution in [-0.4, -0.2) is 60.7 Å². The van der Waals surface area contributed by atoms with Gasteiger partial charge in [0.15, 0.2) is 0 Å². The number of methoxy groups -OCH3 is 2. The van der Waals surface area contributed by atoms with E-state index in [4.69, 9.17) is 14.2 Å². The summed E-state index contributed by atoms with van der Waals surface area (Å²) in [5, 5.41) is 14.2. The van der Waals surface area contributed by atoms with Gasteiger partial charge in [0.25, 0.3) is 0 Å². The van der Waals surface area contributed by atoms with Crippen LogP contribution in [0.25, 0.3) is 0 Å². The molecular weight excluding hydrogens is 396 g/mol. The number of aliphatic hydroxyl groups is 1. The lowest BCUT2D eigenvalue weighted by molar-refractivity contribution is -0.0205. The fourth-order valence-electron chi connectivity index (χ4n) is 4.01. The molecule has 0 spiro atoms. The molecule has 1 fully saturated rings. The lowest BCUT2D eigenvalue weighted by Crippen LogP contribution is -2.54. The molecular formula is C24H40N2O5. The molecule has 1 amide bonds. The summed E-state index contributed by atoms with van der Waals surface area (Å²) in [5.74, 6) is 1.44. The summed E-state index contributed by atoms with van der Waals surface area (Å²) >= 11 is 0. The van der Waals surface area contributed by atoms with Crippen molar-refractivity contribution >= 4 is 6.09 Å². The number of nitrogens with one attached hydrogen (secondary N) is 1. The molecule has 0 aliphatic heterocycles. The molecule has 0 bridgehead atoms. The number of carbonyl (C=O) groups is 1. The summed E-state index contributed by atoms with van der Waals surface area (Å²) in [6.07, 6.45) is 4.23. The van der Waals surface area contributed by atoms with Crippen LogP contribution >= 0.6 is 0 Å². The minimum absolute atomic E-state index is 0.107. The lowest BCUT2D eigenvalue weighted by atomic mass is 9.93. The van der Waals surface area contributed by atoms with E-state index in [9.17, 15) is 9.90 Å². The van der Waals surface area contributed by atoms with E-state index >= 15 is 0 Å². The first-order chi connectivity index (χ1) is 14.6. The molecule has 0 radical (unpaired) electrons. The average molecular weight is 437 g/mol. The molecule has 2 N–H and O–H groups in total. The first-order valence-corrected chi connectivity index (χ1v) is 11.3. The fourth-order valence-corrected chi connectivity index (χ4v) is 4.01. The number of benzene rings is 1. The van der Waals surface area contributed by atoms with E-state index in [1.165, 1.54) is 6.42 Å². The molecule has 0 saturated heterocycles. The molecule has 1 aromatic rings. The Morgan fingerprint density at radius 2 is 1.71 bits per heavy atom. The minimum atomic E-state index is -0.720. The van der Waals surface area contributed by atoms with E-state index in [0.717, 1.165) is 42.7 Å². The molecule has 0 heterocycles. The zero-order valence-electron chi connectivity index (χ0n) is 19.9. The quantitative estimate of drug-likeness (QED) is 0.606. The molecule has 31 heavy (non-hydrogen) atoms. The molecule has 7 heteroatoms. The van der Waals surface area contributed by atoms with Gasteiger partial charge in [-0.15, -0.1) is 0 Å². The largest absolute Gasteiger partial charge is 0.497 e. The van der Waals surface area contributed by atoms with E-state index in [2.05, 4.69) is 5.32 Å². The van der Waals surface area contributed by atoms with Gasteiger partial charge < -0.3 is 24.6 Å². The summed E-state index contributed by atoms with van der Waals surface area (Å²) in [7, 11) is 3.24. The maximum Gasteiger partial charge on any atom is 0.410 e. The van der Waals surface area contributed by atoms with E-state index in [0.29, 0.717) is 13.1 Å². The van der Waals surface area contributed by atoms with Gasteiger partial charge in [0.2, 0.25) is 0 Å². The monoisotopic (exact) mass is 436 g/mol. The van der Waals surface area contributed by atoms with Gasteiger partial charge in [0.1, 0.15) is 17.1 Å². The van der Waals surface area contributed by atoms with Gasteiger partial charge in [0, 0.05) is 25.2 Å². The van der Waals surface area contributed by atoms with Crippen molar-refractivity contribution in [3.8, 4) is 11.5 Å². The van der Waals surface area contributed by atoms with Crippen LogP contribution in [-0.2, 0) is 11.3 Å². The summed E-state index contributed by atoms with van der Waals surface area (Å²) < 4.78 is 16.3. The Bertz CT molecular complexity index is 675. The molecule has 1 aliphatic rings. The first-order valence-electron chi connectivity index (χ1n) is 11.3. The van der Waals surface area contributed by atoms with Crippen molar-refractivity contribution in [3.63, 3.8) is 0 Å². The number of hydrogen-bond acceptors (Lipinski definition) is 6. The number of ether oxygens (including phenoxy) is 3. The lowest BCUT2D eigenvalue weighted by Gasteiger charge is -2.41.